The molecule has 2 aliphatic rings. The largest absolute Gasteiger partial charge is 0.465 e. The van der Waals surface area contributed by atoms with Gasteiger partial charge in [0.15, 0.2) is 5.76 Å². The van der Waals surface area contributed by atoms with Gasteiger partial charge in [-0.3, -0.25) is 4.90 Å². The van der Waals surface area contributed by atoms with Crippen LogP contribution in [0.15, 0.2) is 21.2 Å². The van der Waals surface area contributed by atoms with Crippen molar-refractivity contribution in [3.05, 3.63) is 22.6 Å². The number of aliphatic hydroxyl groups is 1. The highest BCUT2D eigenvalue weighted by atomic mass is 79.9. The third-order valence-corrected chi connectivity index (χ3v) is 4.00. The average Bonchev–Trinajstić information content (AvgIpc) is 2.85. The maximum atomic E-state index is 10.5. The van der Waals surface area contributed by atoms with Gasteiger partial charge in [0.05, 0.1) is 10.7 Å². The van der Waals surface area contributed by atoms with Crippen molar-refractivity contribution in [1.29, 1.82) is 0 Å². The fourth-order valence-corrected chi connectivity index (χ4v) is 2.96. The Morgan fingerprint density at radius 1 is 1.53 bits per heavy atom. The predicted molar refractivity (Wildman–Crippen MR) is 59.5 cm³/mol. The minimum absolute atomic E-state index is 0.686. The molecule has 2 heterocycles. The molecule has 3 nitrogen and oxygen atoms in total. The summed E-state index contributed by atoms with van der Waals surface area (Å²) in [5.41, 5.74) is -0.787. The summed E-state index contributed by atoms with van der Waals surface area (Å²) in [5.74, 6) is 0.686. The fourth-order valence-electron chi connectivity index (χ4n) is 2.39. The highest BCUT2D eigenvalue weighted by Crippen LogP contribution is 2.40. The summed E-state index contributed by atoms with van der Waals surface area (Å²) in [5, 5.41) is 10.5. The zero-order valence-corrected chi connectivity index (χ0v) is 10.0. The molecule has 0 aromatic carbocycles. The Morgan fingerprint density at radius 2 is 2.33 bits per heavy atom. The Hall–Kier alpha value is -0.320. The van der Waals surface area contributed by atoms with Crippen LogP contribution < -0.4 is 0 Å². The highest BCUT2D eigenvalue weighted by molar-refractivity contribution is 9.10. The maximum absolute atomic E-state index is 10.5. The molecule has 3 rings (SSSR count). The molecule has 1 aliphatic carbocycles. The van der Waals surface area contributed by atoms with Crippen LogP contribution in [-0.4, -0.2) is 29.1 Å². The fraction of sp³-hybridized carbons (Fsp3) is 0.636. The lowest BCUT2D eigenvalue weighted by Gasteiger charge is -2.21. The van der Waals surface area contributed by atoms with E-state index in [0.29, 0.717) is 18.3 Å². The van der Waals surface area contributed by atoms with Crippen molar-refractivity contribution < 1.29 is 9.52 Å². The van der Waals surface area contributed by atoms with E-state index < -0.39 is 5.60 Å². The molecule has 0 amide bonds. The van der Waals surface area contributed by atoms with Crippen molar-refractivity contribution in [3.8, 4) is 0 Å². The van der Waals surface area contributed by atoms with E-state index in [0.717, 1.165) is 17.4 Å². The number of halogens is 1. The van der Waals surface area contributed by atoms with Gasteiger partial charge >= 0.3 is 0 Å². The SMILES string of the molecule is OC1(c2occc2Br)CCN(C2CC2)C1. The van der Waals surface area contributed by atoms with Gasteiger partial charge in [-0.25, -0.2) is 0 Å². The van der Waals surface area contributed by atoms with Gasteiger partial charge in [-0.2, -0.15) is 0 Å². The van der Waals surface area contributed by atoms with Crippen LogP contribution in [0.4, 0.5) is 0 Å². The third kappa shape index (κ3) is 1.65. The molecule has 1 aliphatic heterocycles. The van der Waals surface area contributed by atoms with Crippen LogP contribution >= 0.6 is 15.9 Å². The summed E-state index contributed by atoms with van der Waals surface area (Å²) in [6.45, 7) is 1.69. The summed E-state index contributed by atoms with van der Waals surface area (Å²) >= 11 is 3.41. The molecule has 1 unspecified atom stereocenters. The van der Waals surface area contributed by atoms with E-state index in [1.165, 1.54) is 12.8 Å². The number of hydrogen-bond donors (Lipinski definition) is 1. The van der Waals surface area contributed by atoms with E-state index in [4.69, 9.17) is 4.42 Å². The molecule has 1 aromatic rings. The molecule has 82 valence electrons. The van der Waals surface area contributed by atoms with Crippen molar-refractivity contribution in [3.63, 3.8) is 0 Å². The van der Waals surface area contributed by atoms with Crippen molar-refractivity contribution in [2.45, 2.75) is 30.9 Å². The Morgan fingerprint density at radius 3 is 2.93 bits per heavy atom. The number of β-amino-alcohol motifs (C(OH)–C–C–N with tert-alkyl or cyclic N) is 1. The molecule has 4 heteroatoms. The average molecular weight is 272 g/mol. The summed E-state index contributed by atoms with van der Waals surface area (Å²) < 4.78 is 6.25. The van der Waals surface area contributed by atoms with Gasteiger partial charge in [0.25, 0.3) is 0 Å². The van der Waals surface area contributed by atoms with Crippen LogP contribution in [0.1, 0.15) is 25.0 Å². The first-order chi connectivity index (χ1) is 7.19. The van der Waals surface area contributed by atoms with Crippen LogP contribution in [0.2, 0.25) is 0 Å². The Bertz CT molecular complexity index is 374. The molecule has 1 saturated heterocycles. The predicted octanol–water partition coefficient (Wildman–Crippen LogP) is 2.10. The second-order valence-corrected chi connectivity index (χ2v) is 5.44. The maximum Gasteiger partial charge on any atom is 0.150 e. The van der Waals surface area contributed by atoms with Crippen LogP contribution in [-0.2, 0) is 5.60 Å². The Balaban J connectivity index is 1.83. The molecule has 1 saturated carbocycles. The van der Waals surface area contributed by atoms with Gasteiger partial charge < -0.3 is 9.52 Å². The monoisotopic (exact) mass is 271 g/mol. The van der Waals surface area contributed by atoms with Crippen LogP contribution in [0, 0.1) is 0 Å². The molecule has 1 aromatic heterocycles. The van der Waals surface area contributed by atoms with Crippen molar-refractivity contribution >= 4 is 15.9 Å². The second-order valence-electron chi connectivity index (χ2n) is 4.58. The smallest absolute Gasteiger partial charge is 0.150 e. The zero-order chi connectivity index (χ0) is 10.5. The van der Waals surface area contributed by atoms with Gasteiger partial charge in [0.2, 0.25) is 0 Å². The first-order valence-electron chi connectivity index (χ1n) is 5.39. The van der Waals surface area contributed by atoms with Gasteiger partial charge in [0, 0.05) is 19.1 Å². The van der Waals surface area contributed by atoms with Crippen molar-refractivity contribution in [2.24, 2.45) is 0 Å². The lowest BCUT2D eigenvalue weighted by atomic mass is 10.0. The molecule has 15 heavy (non-hydrogen) atoms. The highest BCUT2D eigenvalue weighted by Gasteiger charge is 2.45. The number of rotatable bonds is 2. The van der Waals surface area contributed by atoms with E-state index in [2.05, 4.69) is 20.8 Å². The number of furan rings is 1. The molecule has 1 N–H and O–H groups in total. The standard InChI is InChI=1S/C11H14BrNO2/c12-9-3-6-15-10(9)11(14)4-5-13(7-11)8-1-2-8/h3,6,8,14H,1-2,4-5,7H2. The first kappa shape index (κ1) is 9.87. The lowest BCUT2D eigenvalue weighted by molar-refractivity contribution is 0.0226. The summed E-state index contributed by atoms with van der Waals surface area (Å²) in [4.78, 5) is 2.37. The minimum atomic E-state index is -0.787. The number of hydrogen-bond acceptors (Lipinski definition) is 3. The van der Waals surface area contributed by atoms with E-state index >= 15 is 0 Å². The summed E-state index contributed by atoms with van der Waals surface area (Å²) in [6.07, 6.45) is 4.97. The minimum Gasteiger partial charge on any atom is -0.465 e. The molecule has 2 fully saturated rings. The molecule has 0 bridgehead atoms. The Labute approximate surface area is 97.2 Å². The van der Waals surface area contributed by atoms with Crippen molar-refractivity contribution in [2.75, 3.05) is 13.1 Å². The van der Waals surface area contributed by atoms with Crippen LogP contribution in [0.25, 0.3) is 0 Å². The molecule has 0 radical (unpaired) electrons. The zero-order valence-electron chi connectivity index (χ0n) is 8.45. The van der Waals surface area contributed by atoms with E-state index in [9.17, 15) is 5.11 Å². The topological polar surface area (TPSA) is 36.6 Å². The molecule has 1 atom stereocenters. The number of likely N-dealkylation sites (tertiary alicyclic amines) is 1. The van der Waals surface area contributed by atoms with Gasteiger partial charge in [0.1, 0.15) is 5.60 Å². The van der Waals surface area contributed by atoms with E-state index in [-0.39, 0.29) is 0 Å². The summed E-state index contributed by atoms with van der Waals surface area (Å²) in [6, 6.07) is 2.56. The van der Waals surface area contributed by atoms with E-state index in [1.807, 2.05) is 6.07 Å². The van der Waals surface area contributed by atoms with Gasteiger partial charge in [-0.1, -0.05) is 0 Å². The second kappa shape index (κ2) is 3.34. The quantitative estimate of drug-likeness (QED) is 0.895. The molecule has 0 spiro atoms. The Kier molecular flexibility index (Phi) is 2.20. The normalized spacial score (nSPS) is 32.4. The van der Waals surface area contributed by atoms with Gasteiger partial charge in [-0.15, -0.1) is 0 Å². The van der Waals surface area contributed by atoms with E-state index in [1.54, 1.807) is 6.26 Å². The molecular weight excluding hydrogens is 258 g/mol. The van der Waals surface area contributed by atoms with Crippen LogP contribution in [0.3, 0.4) is 0 Å². The van der Waals surface area contributed by atoms with Crippen LogP contribution in [0.5, 0.6) is 0 Å². The van der Waals surface area contributed by atoms with Crippen molar-refractivity contribution in [1.82, 2.24) is 4.90 Å². The number of nitrogens with zero attached hydrogens (tertiary/aromatic N) is 1. The first-order valence-corrected chi connectivity index (χ1v) is 6.18. The molecular formula is C11H14BrNO2. The lowest BCUT2D eigenvalue weighted by Crippen LogP contribution is -2.31. The van der Waals surface area contributed by atoms with Gasteiger partial charge in [-0.05, 0) is 41.3 Å². The summed E-state index contributed by atoms with van der Waals surface area (Å²) in [7, 11) is 0. The third-order valence-electron chi connectivity index (χ3n) is 3.38.